The molecule has 2 rings (SSSR count). The van der Waals surface area contributed by atoms with E-state index in [1.54, 1.807) is 0 Å². The normalized spacial score (nSPS) is 10.4. The third kappa shape index (κ3) is 3.54. The molecule has 6 nitrogen and oxygen atoms in total. The summed E-state index contributed by atoms with van der Waals surface area (Å²) in [6.45, 7) is 3.84. The second-order valence-electron chi connectivity index (χ2n) is 4.13. The van der Waals surface area contributed by atoms with Crippen LogP contribution in [0.5, 0.6) is 0 Å². The van der Waals surface area contributed by atoms with Gasteiger partial charge in [-0.25, -0.2) is 0 Å². The fraction of sp³-hybridized carbons (Fsp3) is 0.308. The van der Waals surface area contributed by atoms with E-state index in [0.717, 1.165) is 13.1 Å². The summed E-state index contributed by atoms with van der Waals surface area (Å²) < 4.78 is 0. The van der Waals surface area contributed by atoms with Crippen LogP contribution in [-0.4, -0.2) is 28.0 Å². The molecule has 0 aliphatic rings. The smallest absolute Gasteiger partial charge is 0.225 e. The molecule has 0 atom stereocenters. The van der Waals surface area contributed by atoms with Crippen LogP contribution in [0.4, 0.5) is 17.6 Å². The number of para-hydroxylation sites is 1. The van der Waals surface area contributed by atoms with Crippen LogP contribution in [0.15, 0.2) is 30.3 Å². The molecular weight excluding hydrogens is 240 g/mol. The Kier molecular flexibility index (Phi) is 4.12. The molecule has 0 fully saturated rings. The molecule has 100 valence electrons. The minimum atomic E-state index is 0.172. The summed E-state index contributed by atoms with van der Waals surface area (Å²) in [5.41, 5.74) is 12.3. The fourth-order valence-electron chi connectivity index (χ4n) is 1.91. The molecule has 1 aromatic carbocycles. The van der Waals surface area contributed by atoms with Crippen LogP contribution in [0, 0.1) is 0 Å². The summed E-state index contributed by atoms with van der Waals surface area (Å²) in [5.74, 6) is 0.968. The van der Waals surface area contributed by atoms with Gasteiger partial charge in [0.15, 0.2) is 0 Å². The van der Waals surface area contributed by atoms with Crippen molar-refractivity contribution in [2.75, 3.05) is 29.5 Å². The van der Waals surface area contributed by atoms with E-state index >= 15 is 0 Å². The van der Waals surface area contributed by atoms with Gasteiger partial charge in [0.1, 0.15) is 5.82 Å². The predicted octanol–water partition coefficient (Wildman–Crippen LogP) is 1.10. The van der Waals surface area contributed by atoms with Gasteiger partial charge in [0.25, 0.3) is 0 Å². The molecular formula is C13H18N6. The van der Waals surface area contributed by atoms with Crippen molar-refractivity contribution in [3.05, 3.63) is 36.2 Å². The molecule has 19 heavy (non-hydrogen) atoms. The van der Waals surface area contributed by atoms with Gasteiger partial charge in [-0.1, -0.05) is 18.2 Å². The molecule has 0 unspecified atom stereocenters. The lowest BCUT2D eigenvalue weighted by molar-refractivity contribution is 0.771. The molecule has 0 spiro atoms. The first-order valence-corrected chi connectivity index (χ1v) is 6.25. The highest BCUT2D eigenvalue weighted by Crippen LogP contribution is 2.13. The van der Waals surface area contributed by atoms with Crippen LogP contribution in [-0.2, 0) is 6.42 Å². The van der Waals surface area contributed by atoms with E-state index in [-0.39, 0.29) is 11.9 Å². The summed E-state index contributed by atoms with van der Waals surface area (Å²) in [6, 6.07) is 10.2. The number of aromatic nitrogens is 3. The lowest BCUT2D eigenvalue weighted by Crippen LogP contribution is -2.26. The van der Waals surface area contributed by atoms with Gasteiger partial charge in [-0.05, 0) is 19.1 Å². The number of hydrogen-bond acceptors (Lipinski definition) is 6. The number of rotatable bonds is 5. The molecule has 4 N–H and O–H groups in total. The summed E-state index contributed by atoms with van der Waals surface area (Å²) in [5, 5.41) is 0. The Morgan fingerprint density at radius 2 is 1.63 bits per heavy atom. The van der Waals surface area contributed by atoms with Gasteiger partial charge in [-0.15, -0.1) is 0 Å². The molecule has 0 amide bonds. The maximum atomic E-state index is 5.55. The Labute approximate surface area is 112 Å². The summed E-state index contributed by atoms with van der Waals surface area (Å²) in [7, 11) is 0. The lowest BCUT2D eigenvalue weighted by atomic mass is 10.2. The Morgan fingerprint density at radius 3 is 2.21 bits per heavy atom. The topological polar surface area (TPSA) is 94.0 Å². The van der Waals surface area contributed by atoms with Crippen LogP contribution in [0.1, 0.15) is 12.7 Å². The van der Waals surface area contributed by atoms with Crippen LogP contribution >= 0.6 is 0 Å². The molecule has 2 aromatic rings. The van der Waals surface area contributed by atoms with Crippen molar-refractivity contribution in [1.82, 2.24) is 15.0 Å². The van der Waals surface area contributed by atoms with Crippen molar-refractivity contribution in [3.63, 3.8) is 0 Å². The molecule has 0 saturated heterocycles. The van der Waals surface area contributed by atoms with E-state index < -0.39 is 0 Å². The third-order valence-corrected chi connectivity index (χ3v) is 2.82. The van der Waals surface area contributed by atoms with Crippen molar-refractivity contribution < 1.29 is 0 Å². The first-order valence-electron chi connectivity index (χ1n) is 6.25. The quantitative estimate of drug-likeness (QED) is 0.834. The number of nitrogens with zero attached hydrogens (tertiary/aromatic N) is 4. The van der Waals surface area contributed by atoms with E-state index in [1.165, 1.54) is 5.69 Å². The van der Waals surface area contributed by atoms with Crippen LogP contribution < -0.4 is 16.4 Å². The Morgan fingerprint density at radius 1 is 1.00 bits per heavy atom. The van der Waals surface area contributed by atoms with Gasteiger partial charge in [0.2, 0.25) is 11.9 Å². The molecule has 6 heteroatoms. The number of likely N-dealkylation sites (N-methyl/N-ethyl adjacent to an activating group) is 1. The number of benzene rings is 1. The van der Waals surface area contributed by atoms with Crippen molar-refractivity contribution in [2.45, 2.75) is 13.3 Å². The minimum Gasteiger partial charge on any atom is -0.371 e. The maximum Gasteiger partial charge on any atom is 0.225 e. The van der Waals surface area contributed by atoms with Gasteiger partial charge in [-0.2, -0.15) is 15.0 Å². The minimum absolute atomic E-state index is 0.172. The zero-order valence-corrected chi connectivity index (χ0v) is 11.0. The van der Waals surface area contributed by atoms with Gasteiger partial charge in [-0.3, -0.25) is 0 Å². The number of hydrogen-bond donors (Lipinski definition) is 2. The number of anilines is 3. The van der Waals surface area contributed by atoms with E-state index in [9.17, 15) is 0 Å². The van der Waals surface area contributed by atoms with Gasteiger partial charge in [0, 0.05) is 25.2 Å². The van der Waals surface area contributed by atoms with Crippen molar-refractivity contribution in [2.24, 2.45) is 0 Å². The van der Waals surface area contributed by atoms with Gasteiger partial charge in [0.05, 0.1) is 0 Å². The standard InChI is InChI=1S/C13H18N6/c1-2-19(10-6-4-3-5-7-10)9-8-11-16-12(14)18-13(15)17-11/h3-7H,2,8-9H2,1H3,(H4,14,15,16,17,18). The Bertz CT molecular complexity index is 508. The molecule has 0 aliphatic carbocycles. The highest BCUT2D eigenvalue weighted by molar-refractivity contribution is 5.45. The zero-order valence-electron chi connectivity index (χ0n) is 11.0. The summed E-state index contributed by atoms with van der Waals surface area (Å²) in [4.78, 5) is 14.2. The second-order valence-corrected chi connectivity index (χ2v) is 4.13. The summed E-state index contributed by atoms with van der Waals surface area (Å²) >= 11 is 0. The van der Waals surface area contributed by atoms with Gasteiger partial charge < -0.3 is 16.4 Å². The molecule has 0 bridgehead atoms. The number of nitrogen functional groups attached to an aromatic ring is 2. The molecule has 1 aromatic heterocycles. The number of nitrogens with two attached hydrogens (primary N) is 2. The first-order chi connectivity index (χ1) is 9.19. The molecule has 0 aliphatic heterocycles. The van der Waals surface area contributed by atoms with Crippen molar-refractivity contribution in [3.8, 4) is 0 Å². The highest BCUT2D eigenvalue weighted by Gasteiger charge is 2.07. The molecule has 0 saturated carbocycles. The highest BCUT2D eigenvalue weighted by atomic mass is 15.2. The van der Waals surface area contributed by atoms with Crippen molar-refractivity contribution >= 4 is 17.6 Å². The third-order valence-electron chi connectivity index (χ3n) is 2.82. The monoisotopic (exact) mass is 258 g/mol. The molecule has 0 radical (unpaired) electrons. The summed E-state index contributed by atoms with van der Waals surface area (Å²) in [6.07, 6.45) is 0.680. The fourth-order valence-corrected chi connectivity index (χ4v) is 1.91. The van der Waals surface area contributed by atoms with Crippen molar-refractivity contribution in [1.29, 1.82) is 0 Å². The SMILES string of the molecule is CCN(CCc1nc(N)nc(N)n1)c1ccccc1. The lowest BCUT2D eigenvalue weighted by Gasteiger charge is -2.22. The molecule has 1 heterocycles. The zero-order chi connectivity index (χ0) is 13.7. The van der Waals surface area contributed by atoms with Crippen LogP contribution in [0.2, 0.25) is 0 Å². The van der Waals surface area contributed by atoms with Gasteiger partial charge >= 0.3 is 0 Å². The largest absolute Gasteiger partial charge is 0.371 e. The maximum absolute atomic E-state index is 5.55. The van der Waals surface area contributed by atoms with Crippen LogP contribution in [0.25, 0.3) is 0 Å². The van der Waals surface area contributed by atoms with E-state index in [0.29, 0.717) is 12.2 Å². The van der Waals surface area contributed by atoms with E-state index in [4.69, 9.17) is 11.5 Å². The average molecular weight is 258 g/mol. The Hall–Kier alpha value is -2.37. The van der Waals surface area contributed by atoms with E-state index in [1.807, 2.05) is 18.2 Å². The average Bonchev–Trinajstić information content (AvgIpc) is 2.39. The first kappa shape index (κ1) is 13.1. The van der Waals surface area contributed by atoms with Crippen LogP contribution in [0.3, 0.4) is 0 Å². The second kappa shape index (κ2) is 5.99. The Balaban J connectivity index is 2.04. The predicted molar refractivity (Wildman–Crippen MR) is 76.7 cm³/mol. The van der Waals surface area contributed by atoms with E-state index in [2.05, 4.69) is 38.9 Å².